The Bertz CT molecular complexity index is 3280. The predicted molar refractivity (Wildman–Crippen MR) is 342 cm³/mol. The third-order valence-electron chi connectivity index (χ3n) is 19.3. The molecule has 0 unspecified atom stereocenters. The van der Waals surface area contributed by atoms with Crippen molar-refractivity contribution in [1.82, 2.24) is 15.2 Å². The van der Waals surface area contributed by atoms with E-state index in [-0.39, 0.29) is 72.2 Å². The summed E-state index contributed by atoms with van der Waals surface area (Å²) in [4.78, 5) is 84.8. The van der Waals surface area contributed by atoms with Gasteiger partial charge in [-0.3, -0.25) is 19.7 Å². The lowest BCUT2D eigenvalue weighted by Gasteiger charge is -2.42. The Morgan fingerprint density at radius 3 is 2.32 bits per heavy atom. The van der Waals surface area contributed by atoms with E-state index in [9.17, 15) is 39.0 Å². The molecule has 7 aliphatic heterocycles. The van der Waals surface area contributed by atoms with E-state index in [2.05, 4.69) is 10.3 Å². The number of aliphatic hydroxyl groups is 2. The first-order valence-electron chi connectivity index (χ1n) is 31.7. The average Bonchev–Trinajstić information content (AvgIpc) is 1.59. The van der Waals surface area contributed by atoms with Gasteiger partial charge < -0.3 is 71.8 Å². The number of halogens is 1. The second-order valence-electron chi connectivity index (χ2n) is 26.4. The lowest BCUT2D eigenvalue weighted by Crippen LogP contribution is -2.63. The Kier molecular flexibility index (Phi) is 23.2. The summed E-state index contributed by atoms with van der Waals surface area (Å²) in [5.74, 6) is -1.95. The normalized spacial score (nSPS) is 35.5. The molecule has 6 bridgehead atoms. The number of aryl methyl sites for hydroxylation is 1. The van der Waals surface area contributed by atoms with E-state index in [0.717, 1.165) is 28.0 Å². The Balaban J connectivity index is 0.000000239. The number of cyclic esters (lactones) is 1. The number of allylic oxidation sites excluding steroid dienone is 7. The Hall–Kier alpha value is -6.70. The molecule has 0 aliphatic carbocycles. The monoisotopic (exact) mass is 1320 g/mol. The van der Waals surface area contributed by atoms with Gasteiger partial charge in [0.1, 0.15) is 76.6 Å². The van der Waals surface area contributed by atoms with Crippen LogP contribution in [0.3, 0.4) is 0 Å². The van der Waals surface area contributed by atoms with Crippen molar-refractivity contribution in [2.45, 2.75) is 211 Å². The number of ether oxygens (including phenoxy) is 10. The summed E-state index contributed by atoms with van der Waals surface area (Å²) in [5, 5.41) is 25.8. The van der Waals surface area contributed by atoms with Gasteiger partial charge in [-0.1, -0.05) is 86.6 Å². The molecule has 3 amide bonds. The zero-order valence-corrected chi connectivity index (χ0v) is 56.9. The molecule has 7 aliphatic rings. The molecule has 2 aromatic rings. The number of nitrogens with one attached hydrogen (secondary N) is 1. The number of amides is 3. The van der Waals surface area contributed by atoms with Crippen molar-refractivity contribution in [3.05, 3.63) is 106 Å². The molecule has 0 spiro atoms. The van der Waals surface area contributed by atoms with Gasteiger partial charge in [0.05, 0.1) is 43.6 Å². The third kappa shape index (κ3) is 17.2. The van der Waals surface area contributed by atoms with Crippen LogP contribution in [0.4, 0.5) is 10.5 Å². The van der Waals surface area contributed by atoms with E-state index < -0.39 is 102 Å². The zero-order valence-electron chi connectivity index (χ0n) is 56.2. The predicted octanol–water partition coefficient (Wildman–Crippen LogP) is 8.58. The van der Waals surface area contributed by atoms with Crippen molar-refractivity contribution in [2.75, 3.05) is 40.3 Å². The molecule has 19 atom stereocenters. The SMILES string of the molecule is CO[C@@H](/C(C)=C/C=C/C(C)=C/c1coc(C)n1)[C@@H](C)[C@@H]1C[C@H](O)[C@@]2(C)O[C@@H]2/C=C/[C@@H](C)[C@H]2C[C@H](CC(=O)O2)C[C@@H]2O[C@H]2C(=O)O1.COc1cc2cc(c1Cl)N(C)C(=O)C[C@H](OC(=O)[C@H](C)N(C)C(C)=O)[C@]1(C)O[C@H]1[C@H](C)[C@@H]1C[C@@](O)(NC(=O)O1)[C@H](OC)/C=C/C=C(\C)C2. The van der Waals surface area contributed by atoms with Crippen LogP contribution in [0.1, 0.15) is 125 Å². The number of oxazole rings is 1. The number of hydrogen-bond donors (Lipinski definition) is 3. The molecule has 3 N–H and O–H groups in total. The van der Waals surface area contributed by atoms with E-state index >= 15 is 0 Å². The number of nitrogens with zero attached hydrogens (tertiary/aromatic N) is 3. The number of anilines is 1. The van der Waals surface area contributed by atoms with E-state index in [0.29, 0.717) is 43.0 Å². The Morgan fingerprint density at radius 2 is 1.66 bits per heavy atom. The Labute approximate surface area is 549 Å². The van der Waals surface area contributed by atoms with Gasteiger partial charge >= 0.3 is 24.0 Å². The smallest absolute Gasteiger partial charge is 0.409 e. The summed E-state index contributed by atoms with van der Waals surface area (Å²) in [6.45, 7) is 19.9. The van der Waals surface area contributed by atoms with Crippen molar-refractivity contribution in [3.8, 4) is 5.75 Å². The number of fused-ring (bicyclic) bond motifs is 9. The summed E-state index contributed by atoms with van der Waals surface area (Å²) in [6, 6.07) is 2.63. The van der Waals surface area contributed by atoms with Crippen LogP contribution in [-0.2, 0) is 73.0 Å². The molecule has 0 saturated carbocycles. The fourth-order valence-electron chi connectivity index (χ4n) is 12.9. The van der Waals surface area contributed by atoms with Gasteiger partial charge in [-0.25, -0.2) is 19.4 Å². The van der Waals surface area contributed by atoms with Crippen molar-refractivity contribution < 1.29 is 90.8 Å². The van der Waals surface area contributed by atoms with Gasteiger partial charge in [-0.2, -0.15) is 0 Å². The number of rotatable bonds is 12. The fourth-order valence-corrected chi connectivity index (χ4v) is 13.2. The summed E-state index contributed by atoms with van der Waals surface area (Å²) in [6.07, 6.45) is 12.7. The molecule has 510 valence electrons. The van der Waals surface area contributed by atoms with Crippen LogP contribution in [0, 0.1) is 30.6 Å². The van der Waals surface area contributed by atoms with Crippen molar-refractivity contribution in [2.24, 2.45) is 23.7 Å². The summed E-state index contributed by atoms with van der Waals surface area (Å²) >= 11 is 6.71. The molecule has 24 heteroatoms. The highest BCUT2D eigenvalue weighted by Crippen LogP contribution is 2.50. The molecule has 23 nitrogen and oxygen atoms in total. The number of carbonyl (C=O) groups excluding carboxylic acids is 6. The zero-order chi connectivity index (χ0) is 68.2. The van der Waals surface area contributed by atoms with Crippen LogP contribution in [0.5, 0.6) is 5.75 Å². The molecule has 5 saturated heterocycles. The fraction of sp³-hybridized carbons (Fsp3) is 0.609. The maximum atomic E-state index is 14.0. The Morgan fingerprint density at radius 1 is 0.935 bits per heavy atom. The second-order valence-corrected chi connectivity index (χ2v) is 26.7. The van der Waals surface area contributed by atoms with E-state index in [1.807, 2.05) is 84.1 Å². The van der Waals surface area contributed by atoms with Crippen LogP contribution < -0.4 is 15.0 Å². The molecule has 5 fully saturated rings. The first-order valence-corrected chi connectivity index (χ1v) is 32.1. The standard InChI is InChI=1S/C35H47NO9.C34H46ClN3O10/c1-19(13-25-18-41-23(5)36-25)9-8-10-21(3)32(40-7)22(4)27-17-29(37)35(6)30(45-35)12-11-20(2)26-14-24(16-31(38)42-26)15-28-33(43-28)34(39)44-27;1-18-11-10-12-26(45-9)34(43)17-25(46-32(42)36-34)19(2)30-33(5,48-30)27(47-31(41)20(3)37(6)21(4)39)16-28(40)38(7)23-14-22(13-18)15-24(44-8)29(23)35/h8-13,18,20,22,24,26-30,32-33,37H,14-17H2,1-7H3;10-12,14-15,19-20,25-27,30,43H,13,16-17H2,1-9H3,(H,36,42)/b9-8+,12-11+,19-13+,21-10+;12-10+,18-11+/t20-,22+,24+,26-,27+,28+,29+,30-,32+,33-,35-;19-,20+,25+,26-,27+,30+,33+,34+/m11/s1. The van der Waals surface area contributed by atoms with E-state index in [4.69, 9.17) is 63.4 Å². The number of hydrogen-bond acceptors (Lipinski definition) is 20. The topological polar surface area (TPSA) is 290 Å². The maximum Gasteiger partial charge on any atom is 0.409 e. The van der Waals surface area contributed by atoms with Gasteiger partial charge in [0.15, 0.2) is 17.7 Å². The maximum absolute atomic E-state index is 14.0. The minimum Gasteiger partial charge on any atom is -0.495 e. The van der Waals surface area contributed by atoms with Gasteiger partial charge in [-0.05, 0) is 102 Å². The van der Waals surface area contributed by atoms with Crippen molar-refractivity contribution in [1.29, 1.82) is 0 Å². The third-order valence-corrected chi connectivity index (χ3v) is 19.6. The quantitative estimate of drug-likeness (QED) is 0.0589. The molecule has 8 heterocycles. The molecule has 93 heavy (non-hydrogen) atoms. The van der Waals surface area contributed by atoms with E-state index in [1.54, 1.807) is 65.5 Å². The highest BCUT2D eigenvalue weighted by molar-refractivity contribution is 6.35. The number of alkyl carbamates (subject to hydrolysis) is 1. The number of likely N-dealkylation sites (N-methyl/N-ethyl adjacent to an activating group) is 1. The molecule has 9 rings (SSSR count). The minimum atomic E-state index is -1.81. The molecular weight excluding hydrogens is 1220 g/mol. The minimum absolute atomic E-state index is 0.0130. The van der Waals surface area contributed by atoms with Crippen LogP contribution in [0.2, 0.25) is 5.02 Å². The van der Waals surface area contributed by atoms with Gasteiger partial charge in [0.25, 0.3) is 0 Å². The first-order chi connectivity index (χ1) is 43.8. The summed E-state index contributed by atoms with van der Waals surface area (Å²) < 4.78 is 63.6. The van der Waals surface area contributed by atoms with Crippen molar-refractivity contribution >= 4 is 59.2 Å². The van der Waals surface area contributed by atoms with Crippen LogP contribution >= 0.6 is 11.6 Å². The van der Waals surface area contributed by atoms with Crippen molar-refractivity contribution in [3.63, 3.8) is 0 Å². The molecular formula is C69H93ClN4O19. The number of epoxide rings is 3. The highest BCUT2D eigenvalue weighted by atomic mass is 35.5. The van der Waals surface area contributed by atoms with Gasteiger partial charge in [0.2, 0.25) is 11.8 Å². The molecule has 0 radical (unpaired) electrons. The molecule has 1 aromatic heterocycles. The number of aromatic nitrogens is 1. The van der Waals surface area contributed by atoms with Gasteiger partial charge in [-0.15, -0.1) is 0 Å². The molecule has 1 aromatic carbocycles. The lowest BCUT2D eigenvalue weighted by atomic mass is 9.83. The lowest BCUT2D eigenvalue weighted by molar-refractivity contribution is -0.161. The second kappa shape index (κ2) is 29.9. The number of aliphatic hydroxyl groups excluding tert-OH is 1. The number of benzene rings is 1. The largest absolute Gasteiger partial charge is 0.495 e. The van der Waals surface area contributed by atoms with Crippen LogP contribution in [-0.4, -0.2) is 181 Å². The average molecular weight is 1320 g/mol. The first kappa shape index (κ1) is 72.1. The number of esters is 3. The van der Waals surface area contributed by atoms with Crippen LogP contribution in [0.15, 0.2) is 88.1 Å². The number of carbonyl (C=O) groups is 6. The van der Waals surface area contributed by atoms with Crippen LogP contribution in [0.25, 0.3) is 6.08 Å². The van der Waals surface area contributed by atoms with Gasteiger partial charge in [0, 0.05) is 79.2 Å². The highest BCUT2D eigenvalue weighted by Gasteiger charge is 2.65. The van der Waals surface area contributed by atoms with E-state index in [1.165, 1.54) is 44.9 Å². The summed E-state index contributed by atoms with van der Waals surface area (Å²) in [7, 11) is 7.59. The number of methoxy groups -OCH3 is 3. The summed E-state index contributed by atoms with van der Waals surface area (Å²) in [5.41, 5.74) is 0.993.